The van der Waals surface area contributed by atoms with Crippen LogP contribution in [0.25, 0.3) is 16.6 Å². The Morgan fingerprint density at radius 1 is 0.882 bits per heavy atom. The Morgan fingerprint density at radius 3 is 2.47 bits per heavy atom. The Hall–Kier alpha value is -4.17. The maximum Gasteiger partial charge on any atom is 0.234 e. The highest BCUT2D eigenvalue weighted by atomic mass is 32.2. The minimum absolute atomic E-state index is 0.113. The lowest BCUT2D eigenvalue weighted by Gasteiger charge is -2.12. The summed E-state index contributed by atoms with van der Waals surface area (Å²) in [7, 11) is 0. The summed E-state index contributed by atoms with van der Waals surface area (Å²) in [6.07, 6.45) is 1.75. The number of aromatic nitrogens is 4. The number of nitrogens with one attached hydrogen (secondary N) is 1. The van der Waals surface area contributed by atoms with Crippen LogP contribution in [0.15, 0.2) is 102 Å². The van der Waals surface area contributed by atoms with Gasteiger partial charge in [0.15, 0.2) is 11.0 Å². The third kappa shape index (κ3) is 4.92. The van der Waals surface area contributed by atoms with Crippen LogP contribution in [-0.4, -0.2) is 31.4 Å². The number of para-hydroxylation sites is 3. The molecule has 0 aliphatic carbocycles. The molecule has 3 aromatic carbocycles. The fraction of sp³-hybridized carbons (Fsp3) is 0.0769. The minimum atomic E-state index is -0.113. The Labute approximate surface area is 200 Å². The Kier molecular flexibility index (Phi) is 6.49. The average molecular weight is 468 g/mol. The molecule has 0 saturated heterocycles. The number of anilines is 1. The molecule has 2 heterocycles. The molecule has 0 fully saturated rings. The molecule has 0 aliphatic heterocycles. The van der Waals surface area contributed by atoms with Crippen molar-refractivity contribution in [2.24, 2.45) is 0 Å². The van der Waals surface area contributed by atoms with E-state index in [1.54, 1.807) is 6.20 Å². The van der Waals surface area contributed by atoms with E-state index in [1.165, 1.54) is 11.8 Å². The highest BCUT2D eigenvalue weighted by Crippen LogP contribution is 2.26. The molecule has 1 N–H and O–H groups in total. The number of hydrogen-bond acceptors (Lipinski definition) is 6. The first-order valence-corrected chi connectivity index (χ1v) is 11.7. The quantitative estimate of drug-likeness (QED) is 0.319. The number of benzene rings is 3. The number of pyridine rings is 1. The number of amides is 1. The first-order valence-electron chi connectivity index (χ1n) is 10.7. The molecule has 8 heteroatoms. The van der Waals surface area contributed by atoms with Crippen molar-refractivity contribution in [3.05, 3.63) is 103 Å². The number of nitrogens with zero attached hydrogens (tertiary/aromatic N) is 4. The molecule has 0 unspecified atom stereocenters. The van der Waals surface area contributed by atoms with Crippen molar-refractivity contribution in [1.29, 1.82) is 0 Å². The van der Waals surface area contributed by atoms with Gasteiger partial charge >= 0.3 is 0 Å². The van der Waals surface area contributed by atoms with Crippen LogP contribution in [0.4, 0.5) is 5.69 Å². The van der Waals surface area contributed by atoms with Crippen molar-refractivity contribution in [3.8, 4) is 11.4 Å². The monoisotopic (exact) mass is 467 g/mol. The number of carbonyl (C=O) groups excluding carboxylic acids is 1. The molecule has 0 saturated carbocycles. The zero-order valence-corrected chi connectivity index (χ0v) is 19.0. The molecule has 2 aromatic heterocycles. The standard InChI is InChI=1S/C26H21N5O2S/c32-24(28-20-11-3-1-4-12-20)18-34-26-30-29-23(31(26)21-13-5-2-6-14-21)17-33-22-15-7-9-19-10-8-16-27-25(19)22/h1-16H,17-18H2,(H,28,32). The second kappa shape index (κ2) is 10.2. The van der Waals surface area contributed by atoms with E-state index in [-0.39, 0.29) is 18.3 Å². The van der Waals surface area contributed by atoms with E-state index in [0.717, 1.165) is 22.3 Å². The van der Waals surface area contributed by atoms with Gasteiger partial charge in [-0.05, 0) is 36.4 Å². The number of fused-ring (bicyclic) bond motifs is 1. The van der Waals surface area contributed by atoms with E-state index >= 15 is 0 Å². The van der Waals surface area contributed by atoms with Gasteiger partial charge in [0.25, 0.3) is 0 Å². The molecule has 7 nitrogen and oxygen atoms in total. The molecular weight excluding hydrogens is 446 g/mol. The van der Waals surface area contributed by atoms with Crippen molar-refractivity contribution in [3.63, 3.8) is 0 Å². The maximum absolute atomic E-state index is 12.5. The second-order valence-electron chi connectivity index (χ2n) is 7.39. The number of carbonyl (C=O) groups is 1. The van der Waals surface area contributed by atoms with Crippen LogP contribution in [0.1, 0.15) is 5.82 Å². The van der Waals surface area contributed by atoms with Gasteiger partial charge in [0.1, 0.15) is 17.9 Å². The zero-order chi connectivity index (χ0) is 23.2. The normalized spacial score (nSPS) is 10.8. The number of ether oxygens (including phenoxy) is 1. The van der Waals surface area contributed by atoms with E-state index in [1.807, 2.05) is 95.6 Å². The predicted octanol–water partition coefficient (Wildman–Crippen LogP) is 5.13. The van der Waals surface area contributed by atoms with Gasteiger partial charge in [0.2, 0.25) is 5.91 Å². The number of rotatable bonds is 8. The zero-order valence-electron chi connectivity index (χ0n) is 18.2. The van der Waals surface area contributed by atoms with Gasteiger partial charge in [-0.1, -0.05) is 66.4 Å². The summed E-state index contributed by atoms with van der Waals surface area (Å²) in [4.78, 5) is 16.9. The molecule has 0 spiro atoms. The van der Waals surface area contributed by atoms with Crippen LogP contribution in [-0.2, 0) is 11.4 Å². The van der Waals surface area contributed by atoms with Crippen molar-refractivity contribution < 1.29 is 9.53 Å². The first kappa shape index (κ1) is 21.7. The molecule has 0 bridgehead atoms. The van der Waals surface area contributed by atoms with Crippen LogP contribution in [0, 0.1) is 0 Å². The van der Waals surface area contributed by atoms with Crippen molar-refractivity contribution in [2.45, 2.75) is 11.8 Å². The summed E-state index contributed by atoms with van der Waals surface area (Å²) in [6.45, 7) is 0.203. The molecule has 0 aliphatic rings. The predicted molar refractivity (Wildman–Crippen MR) is 133 cm³/mol. The minimum Gasteiger partial charge on any atom is -0.483 e. The Morgan fingerprint density at radius 2 is 1.65 bits per heavy atom. The average Bonchev–Trinajstić information content (AvgIpc) is 3.30. The van der Waals surface area contributed by atoms with Gasteiger partial charge in [0.05, 0.1) is 5.75 Å². The summed E-state index contributed by atoms with van der Waals surface area (Å²) < 4.78 is 8.03. The third-order valence-corrected chi connectivity index (χ3v) is 5.99. The Balaban J connectivity index is 1.36. The molecule has 5 rings (SSSR count). The smallest absolute Gasteiger partial charge is 0.234 e. The van der Waals surface area contributed by atoms with E-state index in [9.17, 15) is 4.79 Å². The van der Waals surface area contributed by atoms with Gasteiger partial charge in [-0.3, -0.25) is 14.3 Å². The topological polar surface area (TPSA) is 81.9 Å². The molecule has 1 amide bonds. The van der Waals surface area contributed by atoms with Gasteiger partial charge in [-0.25, -0.2) is 0 Å². The summed E-state index contributed by atoms with van der Waals surface area (Å²) >= 11 is 1.32. The lowest BCUT2D eigenvalue weighted by atomic mass is 10.2. The second-order valence-corrected chi connectivity index (χ2v) is 8.34. The fourth-order valence-electron chi connectivity index (χ4n) is 3.51. The highest BCUT2D eigenvalue weighted by molar-refractivity contribution is 7.99. The SMILES string of the molecule is O=C(CSc1nnc(COc2cccc3cccnc23)n1-c1ccccc1)Nc1ccccc1. The first-order chi connectivity index (χ1) is 16.8. The van der Waals surface area contributed by atoms with E-state index in [2.05, 4.69) is 20.5 Å². The highest BCUT2D eigenvalue weighted by Gasteiger charge is 2.17. The van der Waals surface area contributed by atoms with E-state index < -0.39 is 0 Å². The van der Waals surface area contributed by atoms with Crippen molar-refractivity contribution in [1.82, 2.24) is 19.7 Å². The van der Waals surface area contributed by atoms with Crippen molar-refractivity contribution in [2.75, 3.05) is 11.1 Å². The molecule has 34 heavy (non-hydrogen) atoms. The van der Waals surface area contributed by atoms with Crippen molar-refractivity contribution >= 4 is 34.3 Å². The van der Waals surface area contributed by atoms with Gasteiger partial charge < -0.3 is 10.1 Å². The summed E-state index contributed by atoms with van der Waals surface area (Å²) in [5.74, 6) is 1.40. The van der Waals surface area contributed by atoms with Crippen LogP contribution in [0.5, 0.6) is 5.75 Å². The van der Waals surface area contributed by atoms with E-state index in [4.69, 9.17) is 4.74 Å². The molecule has 0 radical (unpaired) electrons. The Bertz CT molecular complexity index is 1400. The molecule has 168 valence electrons. The lowest BCUT2D eigenvalue weighted by molar-refractivity contribution is -0.113. The maximum atomic E-state index is 12.5. The van der Waals surface area contributed by atoms with Crippen LogP contribution in [0.3, 0.4) is 0 Å². The number of thioether (sulfide) groups is 1. The van der Waals surface area contributed by atoms with Crippen LogP contribution >= 0.6 is 11.8 Å². The summed E-state index contributed by atoms with van der Waals surface area (Å²) in [5, 5.41) is 13.2. The third-order valence-electron chi connectivity index (χ3n) is 5.06. The molecular formula is C26H21N5O2S. The van der Waals surface area contributed by atoms with Gasteiger partial charge in [-0.15, -0.1) is 10.2 Å². The fourth-order valence-corrected chi connectivity index (χ4v) is 4.28. The van der Waals surface area contributed by atoms with Gasteiger partial charge in [0, 0.05) is 23.0 Å². The van der Waals surface area contributed by atoms with Gasteiger partial charge in [-0.2, -0.15) is 0 Å². The molecule has 5 aromatic rings. The summed E-state index contributed by atoms with van der Waals surface area (Å²) in [6, 6.07) is 28.9. The lowest BCUT2D eigenvalue weighted by Crippen LogP contribution is -2.14. The van der Waals surface area contributed by atoms with Crippen LogP contribution < -0.4 is 10.1 Å². The van der Waals surface area contributed by atoms with Crippen LogP contribution in [0.2, 0.25) is 0 Å². The van der Waals surface area contributed by atoms with E-state index in [0.29, 0.717) is 16.7 Å². The largest absolute Gasteiger partial charge is 0.483 e. The number of hydrogen-bond donors (Lipinski definition) is 1. The molecule has 0 atom stereocenters. The summed E-state index contributed by atoms with van der Waals surface area (Å²) in [5.41, 5.74) is 2.45.